The van der Waals surface area contributed by atoms with Gasteiger partial charge in [-0.15, -0.1) is 0 Å². The predicted molar refractivity (Wildman–Crippen MR) is 119 cm³/mol. The minimum Gasteiger partial charge on any atom is -0.379 e. The normalized spacial score (nSPS) is 19.8. The number of nitrogens with one attached hydrogen (secondary N) is 1. The Hall–Kier alpha value is -2.75. The van der Waals surface area contributed by atoms with Crippen LogP contribution in [-0.4, -0.2) is 68.8 Å². The van der Waals surface area contributed by atoms with Gasteiger partial charge in [-0.1, -0.05) is 30.3 Å². The maximum Gasteiger partial charge on any atom is 0.243 e. The second-order valence-corrected chi connectivity index (χ2v) is 9.94. The van der Waals surface area contributed by atoms with Gasteiger partial charge in [0, 0.05) is 38.3 Å². The summed E-state index contributed by atoms with van der Waals surface area (Å²) in [6.07, 6.45) is 0.935. The predicted octanol–water partition coefficient (Wildman–Crippen LogP) is 1.74. The number of carbonyl (C=O) groups is 2. The first-order valence-electron chi connectivity index (χ1n) is 10.7. The van der Waals surface area contributed by atoms with Gasteiger partial charge in [-0.3, -0.25) is 9.59 Å². The number of sulfonamides is 1. The van der Waals surface area contributed by atoms with Crippen molar-refractivity contribution in [2.75, 3.05) is 44.7 Å². The van der Waals surface area contributed by atoms with E-state index in [2.05, 4.69) is 5.32 Å². The van der Waals surface area contributed by atoms with Gasteiger partial charge in [0.1, 0.15) is 0 Å². The van der Waals surface area contributed by atoms with Crippen molar-refractivity contribution in [3.05, 3.63) is 60.2 Å². The highest BCUT2D eigenvalue weighted by Crippen LogP contribution is 2.22. The quantitative estimate of drug-likeness (QED) is 0.683. The fourth-order valence-corrected chi connectivity index (χ4v) is 5.37. The number of rotatable bonds is 7. The zero-order valence-corrected chi connectivity index (χ0v) is 18.6. The van der Waals surface area contributed by atoms with E-state index in [9.17, 15) is 18.0 Å². The summed E-state index contributed by atoms with van der Waals surface area (Å²) in [5.41, 5.74) is 1.66. The molecule has 2 aromatic carbocycles. The molecule has 0 aromatic heterocycles. The van der Waals surface area contributed by atoms with E-state index in [1.54, 1.807) is 17.0 Å². The van der Waals surface area contributed by atoms with Crippen molar-refractivity contribution in [1.82, 2.24) is 9.21 Å². The molecular formula is C23H27N3O5S. The fraction of sp³-hybridized carbons (Fsp3) is 0.391. The molecule has 1 N–H and O–H groups in total. The molecule has 1 unspecified atom stereocenters. The number of amides is 2. The molecule has 1 atom stereocenters. The van der Waals surface area contributed by atoms with Crippen LogP contribution in [0.25, 0.3) is 0 Å². The summed E-state index contributed by atoms with van der Waals surface area (Å²) in [7, 11) is -3.58. The van der Waals surface area contributed by atoms with Crippen LogP contribution in [0.2, 0.25) is 0 Å². The van der Waals surface area contributed by atoms with E-state index in [-0.39, 0.29) is 23.1 Å². The lowest BCUT2D eigenvalue weighted by atomic mass is 10.1. The van der Waals surface area contributed by atoms with Crippen LogP contribution < -0.4 is 5.32 Å². The summed E-state index contributed by atoms with van der Waals surface area (Å²) in [6, 6.07) is 16.1. The fourth-order valence-electron chi connectivity index (χ4n) is 3.96. The minimum absolute atomic E-state index is 0.0203. The molecule has 2 aliphatic heterocycles. The Labute approximate surface area is 188 Å². The van der Waals surface area contributed by atoms with Crippen LogP contribution in [0.4, 0.5) is 5.69 Å². The maximum absolute atomic E-state index is 12.7. The highest BCUT2D eigenvalue weighted by Gasteiger charge is 2.34. The molecule has 0 bridgehead atoms. The molecule has 0 spiro atoms. The zero-order valence-electron chi connectivity index (χ0n) is 17.8. The van der Waals surface area contributed by atoms with Crippen LogP contribution >= 0.6 is 0 Å². The van der Waals surface area contributed by atoms with Gasteiger partial charge in [0.2, 0.25) is 21.8 Å². The third-order valence-electron chi connectivity index (χ3n) is 5.83. The third kappa shape index (κ3) is 5.17. The van der Waals surface area contributed by atoms with Crippen molar-refractivity contribution in [2.24, 2.45) is 5.92 Å². The first-order valence-corrected chi connectivity index (χ1v) is 12.2. The molecule has 0 radical (unpaired) electrons. The Balaban J connectivity index is 1.32. The van der Waals surface area contributed by atoms with E-state index in [1.807, 2.05) is 30.3 Å². The van der Waals surface area contributed by atoms with E-state index in [1.165, 1.54) is 16.4 Å². The van der Waals surface area contributed by atoms with Gasteiger partial charge in [0.05, 0.1) is 24.0 Å². The molecule has 0 saturated carbocycles. The maximum atomic E-state index is 12.7. The van der Waals surface area contributed by atoms with Crippen molar-refractivity contribution in [1.29, 1.82) is 0 Å². The molecule has 2 amide bonds. The molecule has 4 rings (SSSR count). The second-order valence-electron chi connectivity index (χ2n) is 8.01. The summed E-state index contributed by atoms with van der Waals surface area (Å²) in [5.74, 6) is -0.674. The van der Waals surface area contributed by atoms with Crippen LogP contribution in [0.15, 0.2) is 59.5 Å². The highest BCUT2D eigenvalue weighted by atomic mass is 32.2. The van der Waals surface area contributed by atoms with E-state index in [4.69, 9.17) is 4.74 Å². The molecule has 2 saturated heterocycles. The van der Waals surface area contributed by atoms with Crippen molar-refractivity contribution in [3.8, 4) is 0 Å². The van der Waals surface area contributed by atoms with E-state index in [0.29, 0.717) is 45.1 Å². The highest BCUT2D eigenvalue weighted by molar-refractivity contribution is 7.89. The summed E-state index contributed by atoms with van der Waals surface area (Å²) in [4.78, 5) is 26.9. The van der Waals surface area contributed by atoms with Crippen molar-refractivity contribution in [2.45, 2.75) is 17.7 Å². The lowest BCUT2D eigenvalue weighted by Crippen LogP contribution is -2.40. The number of benzene rings is 2. The lowest BCUT2D eigenvalue weighted by Gasteiger charge is -2.26. The number of anilines is 1. The van der Waals surface area contributed by atoms with E-state index >= 15 is 0 Å². The Morgan fingerprint density at radius 2 is 1.72 bits per heavy atom. The van der Waals surface area contributed by atoms with Crippen LogP contribution in [0.5, 0.6) is 0 Å². The van der Waals surface area contributed by atoms with Gasteiger partial charge in [-0.25, -0.2) is 8.42 Å². The monoisotopic (exact) mass is 457 g/mol. The molecule has 0 aliphatic carbocycles. The summed E-state index contributed by atoms with van der Waals surface area (Å²) in [5, 5.41) is 2.81. The van der Waals surface area contributed by atoms with Crippen molar-refractivity contribution in [3.63, 3.8) is 0 Å². The van der Waals surface area contributed by atoms with Gasteiger partial charge in [0.25, 0.3) is 0 Å². The standard InChI is InChI=1S/C23H27N3O5S/c27-22-16-19(17-25(22)11-10-18-4-2-1-3-5-18)23(28)24-20-6-8-21(9-7-20)32(29,30)26-12-14-31-15-13-26/h1-9,19H,10-17H2,(H,24,28). The first-order chi connectivity index (χ1) is 15.4. The summed E-state index contributed by atoms with van der Waals surface area (Å²) >= 11 is 0. The van der Waals surface area contributed by atoms with Gasteiger partial charge in [0.15, 0.2) is 0 Å². The van der Waals surface area contributed by atoms with Gasteiger partial charge >= 0.3 is 0 Å². The SMILES string of the molecule is O=C(Nc1ccc(S(=O)(=O)N2CCOCC2)cc1)C1CC(=O)N(CCc2ccccc2)C1. The summed E-state index contributed by atoms with van der Waals surface area (Å²) in [6.45, 7) is 2.40. The Morgan fingerprint density at radius 3 is 2.41 bits per heavy atom. The number of nitrogens with zero attached hydrogens (tertiary/aromatic N) is 2. The number of ether oxygens (including phenoxy) is 1. The largest absolute Gasteiger partial charge is 0.379 e. The molecule has 2 aliphatic rings. The van der Waals surface area contributed by atoms with Gasteiger partial charge in [-0.05, 0) is 36.2 Å². The number of carbonyl (C=O) groups excluding carboxylic acids is 2. The number of hydrogen-bond acceptors (Lipinski definition) is 5. The number of likely N-dealkylation sites (tertiary alicyclic amines) is 1. The smallest absolute Gasteiger partial charge is 0.243 e. The Bertz CT molecular complexity index is 1050. The molecular weight excluding hydrogens is 430 g/mol. The van der Waals surface area contributed by atoms with Gasteiger partial charge < -0.3 is 15.0 Å². The number of hydrogen-bond donors (Lipinski definition) is 1. The Morgan fingerprint density at radius 1 is 1.03 bits per heavy atom. The second kappa shape index (κ2) is 9.81. The molecule has 2 heterocycles. The van der Waals surface area contributed by atoms with Crippen molar-refractivity contribution >= 4 is 27.5 Å². The average molecular weight is 458 g/mol. The minimum atomic E-state index is -3.58. The molecule has 2 fully saturated rings. The topological polar surface area (TPSA) is 96.0 Å². The summed E-state index contributed by atoms with van der Waals surface area (Å²) < 4.78 is 32.0. The van der Waals surface area contributed by atoms with Crippen LogP contribution in [0, 0.1) is 5.92 Å². The molecule has 2 aromatic rings. The van der Waals surface area contributed by atoms with Crippen LogP contribution in [0.3, 0.4) is 0 Å². The first kappa shape index (κ1) is 22.4. The third-order valence-corrected chi connectivity index (χ3v) is 7.74. The average Bonchev–Trinajstić information content (AvgIpc) is 3.20. The molecule has 170 valence electrons. The van der Waals surface area contributed by atoms with E-state index < -0.39 is 15.9 Å². The molecule has 32 heavy (non-hydrogen) atoms. The van der Waals surface area contributed by atoms with E-state index in [0.717, 1.165) is 12.0 Å². The number of morpholine rings is 1. The molecule has 9 heteroatoms. The van der Waals surface area contributed by atoms with Crippen LogP contribution in [-0.2, 0) is 30.8 Å². The zero-order chi connectivity index (χ0) is 22.6. The Kier molecular flexibility index (Phi) is 6.88. The van der Waals surface area contributed by atoms with Gasteiger partial charge in [-0.2, -0.15) is 4.31 Å². The lowest BCUT2D eigenvalue weighted by molar-refractivity contribution is -0.128. The molecule has 8 nitrogen and oxygen atoms in total. The van der Waals surface area contributed by atoms with Crippen molar-refractivity contribution < 1.29 is 22.7 Å². The van der Waals surface area contributed by atoms with Crippen LogP contribution in [0.1, 0.15) is 12.0 Å².